The third-order valence-corrected chi connectivity index (χ3v) is 5.76. The lowest BCUT2D eigenvalue weighted by atomic mass is 9.99. The van der Waals surface area contributed by atoms with Gasteiger partial charge in [0.15, 0.2) is 0 Å². The van der Waals surface area contributed by atoms with E-state index in [0.29, 0.717) is 0 Å². The van der Waals surface area contributed by atoms with Crippen LogP contribution in [-0.2, 0) is 0 Å². The molecule has 0 bridgehead atoms. The number of rotatable bonds is 20. The molecule has 0 saturated carbocycles. The molecule has 0 aliphatic rings. The second kappa shape index (κ2) is 20.3. The molecule has 0 aliphatic heterocycles. The van der Waals surface area contributed by atoms with Gasteiger partial charge in [0.2, 0.25) is 0 Å². The third-order valence-electron chi connectivity index (χ3n) is 5.76. The zero-order valence-corrected chi connectivity index (χ0v) is 18.5. The lowest BCUT2D eigenvalue weighted by Gasteiger charge is -2.24. The summed E-state index contributed by atoms with van der Waals surface area (Å²) in [4.78, 5) is 2.47. The lowest BCUT2D eigenvalue weighted by molar-refractivity contribution is 0.251. The first-order valence-electron chi connectivity index (χ1n) is 11.9. The molecule has 0 spiro atoms. The first-order valence-corrected chi connectivity index (χ1v) is 11.9. The summed E-state index contributed by atoms with van der Waals surface area (Å²) in [7, 11) is 4.56. The molecular formula is C24H51N. The van der Waals surface area contributed by atoms with Crippen LogP contribution in [0, 0.1) is 0 Å². The van der Waals surface area contributed by atoms with Crippen molar-refractivity contribution in [1.82, 2.24) is 4.90 Å². The molecule has 0 amide bonds. The second-order valence-electron chi connectivity index (χ2n) is 8.50. The van der Waals surface area contributed by atoms with Gasteiger partial charge < -0.3 is 4.90 Å². The van der Waals surface area contributed by atoms with E-state index in [1.807, 2.05) is 0 Å². The van der Waals surface area contributed by atoms with E-state index in [2.05, 4.69) is 32.8 Å². The van der Waals surface area contributed by atoms with Crippen molar-refractivity contribution in [2.45, 2.75) is 142 Å². The first-order chi connectivity index (χ1) is 12.2. The SMILES string of the molecule is CCCCCCCCCCCCCC(CCCCCCCC)N(C)C. The van der Waals surface area contributed by atoms with Gasteiger partial charge in [-0.2, -0.15) is 0 Å². The molecule has 0 aliphatic carbocycles. The third kappa shape index (κ3) is 18.5. The van der Waals surface area contributed by atoms with E-state index in [9.17, 15) is 0 Å². The molecule has 0 aromatic heterocycles. The summed E-state index contributed by atoms with van der Waals surface area (Å²) in [5.74, 6) is 0. The Bertz CT molecular complexity index is 236. The van der Waals surface area contributed by atoms with Crippen LogP contribution in [0.3, 0.4) is 0 Å². The zero-order chi connectivity index (χ0) is 18.6. The molecule has 152 valence electrons. The van der Waals surface area contributed by atoms with Gasteiger partial charge in [-0.05, 0) is 26.9 Å². The van der Waals surface area contributed by atoms with E-state index < -0.39 is 0 Å². The Labute approximate surface area is 161 Å². The quantitative estimate of drug-likeness (QED) is 0.199. The maximum absolute atomic E-state index is 2.47. The highest BCUT2D eigenvalue weighted by Gasteiger charge is 2.10. The van der Waals surface area contributed by atoms with Crippen LogP contribution in [0.2, 0.25) is 0 Å². The molecule has 25 heavy (non-hydrogen) atoms. The Hall–Kier alpha value is -0.0400. The van der Waals surface area contributed by atoms with Crippen molar-refractivity contribution in [2.24, 2.45) is 0 Å². The Kier molecular flexibility index (Phi) is 20.2. The van der Waals surface area contributed by atoms with Gasteiger partial charge in [0.25, 0.3) is 0 Å². The van der Waals surface area contributed by atoms with Crippen LogP contribution in [0.15, 0.2) is 0 Å². The van der Waals surface area contributed by atoms with Crippen molar-refractivity contribution in [3.63, 3.8) is 0 Å². The fraction of sp³-hybridized carbons (Fsp3) is 1.00. The number of hydrogen-bond acceptors (Lipinski definition) is 1. The smallest absolute Gasteiger partial charge is 0.00891 e. The standard InChI is InChI=1S/C24H51N/c1-5-7-9-11-13-14-15-16-17-19-21-23-24(25(3)4)22-20-18-12-10-8-6-2/h24H,5-23H2,1-4H3. The minimum Gasteiger partial charge on any atom is -0.306 e. The Balaban J connectivity index is 3.42. The molecule has 0 heterocycles. The van der Waals surface area contributed by atoms with Crippen molar-refractivity contribution in [3.05, 3.63) is 0 Å². The summed E-state index contributed by atoms with van der Waals surface area (Å²) in [6.45, 7) is 4.60. The molecule has 0 rings (SSSR count). The normalized spacial score (nSPS) is 12.8. The van der Waals surface area contributed by atoms with Crippen LogP contribution >= 0.6 is 0 Å². The highest BCUT2D eigenvalue weighted by molar-refractivity contribution is 4.66. The Morgan fingerprint density at radius 2 is 0.720 bits per heavy atom. The average Bonchev–Trinajstić information content (AvgIpc) is 2.60. The number of nitrogens with zero attached hydrogens (tertiary/aromatic N) is 1. The molecule has 0 N–H and O–H groups in total. The van der Waals surface area contributed by atoms with Crippen LogP contribution in [-0.4, -0.2) is 25.0 Å². The van der Waals surface area contributed by atoms with Gasteiger partial charge in [-0.25, -0.2) is 0 Å². The molecule has 1 heteroatoms. The summed E-state index contributed by atoms with van der Waals surface area (Å²) in [5.41, 5.74) is 0. The minimum atomic E-state index is 0.824. The van der Waals surface area contributed by atoms with Crippen molar-refractivity contribution < 1.29 is 0 Å². The van der Waals surface area contributed by atoms with Crippen LogP contribution in [0.4, 0.5) is 0 Å². The van der Waals surface area contributed by atoms with E-state index in [1.165, 1.54) is 122 Å². The molecule has 0 aromatic rings. The molecule has 0 radical (unpaired) electrons. The van der Waals surface area contributed by atoms with Crippen molar-refractivity contribution in [2.75, 3.05) is 14.1 Å². The Morgan fingerprint density at radius 3 is 1.00 bits per heavy atom. The van der Waals surface area contributed by atoms with Gasteiger partial charge >= 0.3 is 0 Å². The summed E-state index contributed by atoms with van der Waals surface area (Å²) < 4.78 is 0. The van der Waals surface area contributed by atoms with Gasteiger partial charge in [-0.3, -0.25) is 0 Å². The molecule has 0 fully saturated rings. The summed E-state index contributed by atoms with van der Waals surface area (Å²) in [6.07, 6.45) is 27.4. The maximum Gasteiger partial charge on any atom is 0.00891 e. The average molecular weight is 354 g/mol. The van der Waals surface area contributed by atoms with Crippen LogP contribution < -0.4 is 0 Å². The fourth-order valence-electron chi connectivity index (χ4n) is 3.87. The van der Waals surface area contributed by atoms with Gasteiger partial charge in [-0.1, -0.05) is 123 Å². The van der Waals surface area contributed by atoms with E-state index >= 15 is 0 Å². The molecule has 1 nitrogen and oxygen atoms in total. The number of hydrogen-bond donors (Lipinski definition) is 0. The monoisotopic (exact) mass is 353 g/mol. The maximum atomic E-state index is 2.47. The van der Waals surface area contributed by atoms with Crippen LogP contribution in [0.5, 0.6) is 0 Å². The number of unbranched alkanes of at least 4 members (excludes halogenated alkanes) is 15. The minimum absolute atomic E-state index is 0.824. The molecule has 1 atom stereocenters. The highest BCUT2D eigenvalue weighted by Crippen LogP contribution is 2.17. The van der Waals surface area contributed by atoms with Crippen molar-refractivity contribution in [3.8, 4) is 0 Å². The van der Waals surface area contributed by atoms with E-state index in [1.54, 1.807) is 0 Å². The van der Waals surface area contributed by atoms with Crippen LogP contribution in [0.1, 0.15) is 136 Å². The van der Waals surface area contributed by atoms with Crippen LogP contribution in [0.25, 0.3) is 0 Å². The summed E-state index contributed by atoms with van der Waals surface area (Å²) in [5, 5.41) is 0. The van der Waals surface area contributed by atoms with Crippen molar-refractivity contribution in [1.29, 1.82) is 0 Å². The predicted octanol–water partition coefficient (Wildman–Crippen LogP) is 8.37. The molecular weight excluding hydrogens is 302 g/mol. The van der Waals surface area contributed by atoms with Gasteiger partial charge in [0, 0.05) is 6.04 Å². The van der Waals surface area contributed by atoms with Gasteiger partial charge in [0.1, 0.15) is 0 Å². The fourth-order valence-corrected chi connectivity index (χ4v) is 3.87. The largest absolute Gasteiger partial charge is 0.306 e. The van der Waals surface area contributed by atoms with E-state index in [4.69, 9.17) is 0 Å². The second-order valence-corrected chi connectivity index (χ2v) is 8.50. The first kappa shape index (κ1) is 25.0. The topological polar surface area (TPSA) is 3.24 Å². The Morgan fingerprint density at radius 1 is 0.440 bits per heavy atom. The summed E-state index contributed by atoms with van der Waals surface area (Å²) in [6, 6.07) is 0.824. The van der Waals surface area contributed by atoms with Gasteiger partial charge in [-0.15, -0.1) is 0 Å². The van der Waals surface area contributed by atoms with E-state index in [-0.39, 0.29) is 0 Å². The molecule has 0 saturated heterocycles. The molecule has 1 unspecified atom stereocenters. The lowest BCUT2D eigenvalue weighted by Crippen LogP contribution is -2.27. The van der Waals surface area contributed by atoms with Gasteiger partial charge in [0.05, 0.1) is 0 Å². The predicted molar refractivity (Wildman–Crippen MR) is 117 cm³/mol. The zero-order valence-electron chi connectivity index (χ0n) is 18.5. The van der Waals surface area contributed by atoms with Crippen molar-refractivity contribution >= 4 is 0 Å². The summed E-state index contributed by atoms with van der Waals surface area (Å²) >= 11 is 0. The van der Waals surface area contributed by atoms with E-state index in [0.717, 1.165) is 6.04 Å². The molecule has 0 aromatic carbocycles. The highest BCUT2D eigenvalue weighted by atomic mass is 15.1.